The standard InChI is InChI=1S/C12H21N3O2S/c1-13-18(16,17)9-10-2-4-11(5-3-10)15-12-6-7-14-8-12/h6-8,10-11,13-15H,2-5,9H2,1H3/t10-,11-. The van der Waals surface area contributed by atoms with Gasteiger partial charge in [-0.25, -0.2) is 13.1 Å². The van der Waals surface area contributed by atoms with E-state index in [9.17, 15) is 8.42 Å². The van der Waals surface area contributed by atoms with E-state index in [4.69, 9.17) is 0 Å². The van der Waals surface area contributed by atoms with Crippen molar-refractivity contribution in [1.29, 1.82) is 0 Å². The van der Waals surface area contributed by atoms with Gasteiger partial charge in [-0.2, -0.15) is 0 Å². The number of nitrogens with one attached hydrogen (secondary N) is 3. The van der Waals surface area contributed by atoms with Crippen LogP contribution in [0.1, 0.15) is 25.7 Å². The van der Waals surface area contributed by atoms with E-state index >= 15 is 0 Å². The third kappa shape index (κ3) is 3.74. The van der Waals surface area contributed by atoms with E-state index < -0.39 is 10.0 Å². The molecule has 0 atom stereocenters. The number of hydrogen-bond donors (Lipinski definition) is 3. The Morgan fingerprint density at radius 2 is 2.06 bits per heavy atom. The number of sulfonamides is 1. The van der Waals surface area contributed by atoms with Crippen LogP contribution in [0, 0.1) is 5.92 Å². The summed E-state index contributed by atoms with van der Waals surface area (Å²) in [5.74, 6) is 0.562. The zero-order valence-electron chi connectivity index (χ0n) is 10.6. The molecule has 0 saturated heterocycles. The maximum Gasteiger partial charge on any atom is 0.211 e. The van der Waals surface area contributed by atoms with E-state index in [0.717, 1.165) is 31.4 Å². The Labute approximate surface area is 108 Å². The molecule has 1 heterocycles. The van der Waals surface area contributed by atoms with Crippen molar-refractivity contribution in [3.63, 3.8) is 0 Å². The van der Waals surface area contributed by atoms with Crippen molar-refractivity contribution in [2.75, 3.05) is 18.1 Å². The lowest BCUT2D eigenvalue weighted by Crippen LogP contribution is -2.32. The summed E-state index contributed by atoms with van der Waals surface area (Å²) in [6, 6.07) is 2.48. The van der Waals surface area contributed by atoms with Crippen LogP contribution in [0.2, 0.25) is 0 Å². The van der Waals surface area contributed by atoms with Gasteiger partial charge in [-0.1, -0.05) is 0 Å². The average Bonchev–Trinajstić information content (AvgIpc) is 2.84. The monoisotopic (exact) mass is 271 g/mol. The van der Waals surface area contributed by atoms with Crippen LogP contribution >= 0.6 is 0 Å². The minimum Gasteiger partial charge on any atom is -0.381 e. The van der Waals surface area contributed by atoms with Crippen molar-refractivity contribution < 1.29 is 8.42 Å². The van der Waals surface area contributed by atoms with Crippen molar-refractivity contribution in [2.24, 2.45) is 5.92 Å². The first-order valence-electron chi connectivity index (χ1n) is 6.39. The van der Waals surface area contributed by atoms with E-state index in [2.05, 4.69) is 15.0 Å². The number of hydrogen-bond acceptors (Lipinski definition) is 3. The Hall–Kier alpha value is -1.01. The summed E-state index contributed by atoms with van der Waals surface area (Å²) in [5, 5.41) is 3.46. The molecule has 102 valence electrons. The normalized spacial score (nSPS) is 24.9. The summed E-state index contributed by atoms with van der Waals surface area (Å²) in [4.78, 5) is 3.02. The Bertz CT molecular complexity index is 448. The van der Waals surface area contributed by atoms with Gasteiger partial charge < -0.3 is 10.3 Å². The Morgan fingerprint density at radius 3 is 2.61 bits per heavy atom. The number of anilines is 1. The lowest BCUT2D eigenvalue weighted by atomic mass is 9.87. The third-order valence-electron chi connectivity index (χ3n) is 3.58. The molecule has 18 heavy (non-hydrogen) atoms. The molecule has 1 aromatic rings. The molecule has 0 aliphatic heterocycles. The molecule has 1 saturated carbocycles. The van der Waals surface area contributed by atoms with Gasteiger partial charge in [-0.15, -0.1) is 0 Å². The summed E-state index contributed by atoms with van der Waals surface area (Å²) in [6.07, 6.45) is 7.86. The molecule has 5 nitrogen and oxygen atoms in total. The van der Waals surface area contributed by atoms with Crippen LogP contribution in [0.15, 0.2) is 18.5 Å². The maximum atomic E-state index is 11.5. The van der Waals surface area contributed by atoms with E-state index in [1.54, 1.807) is 0 Å². The molecule has 6 heteroatoms. The van der Waals surface area contributed by atoms with Crippen LogP contribution < -0.4 is 10.0 Å². The Kier molecular flexibility index (Phi) is 4.29. The van der Waals surface area contributed by atoms with Gasteiger partial charge in [0.2, 0.25) is 10.0 Å². The molecular weight excluding hydrogens is 250 g/mol. The number of H-pyrrole nitrogens is 1. The van der Waals surface area contributed by atoms with Gasteiger partial charge >= 0.3 is 0 Å². The number of aromatic nitrogens is 1. The van der Waals surface area contributed by atoms with Crippen molar-refractivity contribution in [3.05, 3.63) is 18.5 Å². The second-order valence-electron chi connectivity index (χ2n) is 4.95. The predicted molar refractivity (Wildman–Crippen MR) is 73.0 cm³/mol. The fourth-order valence-corrected chi connectivity index (χ4v) is 3.64. The summed E-state index contributed by atoms with van der Waals surface area (Å²) in [7, 11) is -1.58. The largest absolute Gasteiger partial charge is 0.381 e. The second-order valence-corrected chi connectivity index (χ2v) is 6.92. The van der Waals surface area contributed by atoms with Crippen molar-refractivity contribution in [1.82, 2.24) is 9.71 Å². The first kappa shape index (κ1) is 13.4. The molecule has 0 spiro atoms. The minimum absolute atomic E-state index is 0.264. The van der Waals surface area contributed by atoms with Crippen molar-refractivity contribution in [2.45, 2.75) is 31.7 Å². The van der Waals surface area contributed by atoms with Crippen LogP contribution in [0.3, 0.4) is 0 Å². The van der Waals surface area contributed by atoms with Crippen LogP contribution in [-0.4, -0.2) is 32.2 Å². The maximum absolute atomic E-state index is 11.5. The zero-order valence-corrected chi connectivity index (χ0v) is 11.5. The molecule has 0 amide bonds. The Morgan fingerprint density at radius 1 is 1.33 bits per heavy atom. The highest BCUT2D eigenvalue weighted by Gasteiger charge is 2.24. The first-order chi connectivity index (χ1) is 8.59. The third-order valence-corrected chi connectivity index (χ3v) is 5.11. The lowest BCUT2D eigenvalue weighted by molar-refractivity contribution is 0.361. The van der Waals surface area contributed by atoms with Crippen molar-refractivity contribution >= 4 is 15.7 Å². The van der Waals surface area contributed by atoms with Gasteiger partial charge in [0, 0.05) is 18.4 Å². The van der Waals surface area contributed by atoms with Crippen LogP contribution in [0.4, 0.5) is 5.69 Å². The number of aromatic amines is 1. The second kappa shape index (κ2) is 5.75. The van der Waals surface area contributed by atoms with Gasteiger partial charge in [-0.05, 0) is 44.7 Å². The fraction of sp³-hybridized carbons (Fsp3) is 0.667. The van der Waals surface area contributed by atoms with Crippen LogP contribution in [0.25, 0.3) is 0 Å². The summed E-state index contributed by atoms with van der Waals surface area (Å²) >= 11 is 0. The molecule has 2 rings (SSSR count). The topological polar surface area (TPSA) is 74.0 Å². The Balaban J connectivity index is 1.78. The molecule has 1 aliphatic carbocycles. The summed E-state index contributed by atoms with van der Waals surface area (Å²) in [6.45, 7) is 0. The first-order valence-corrected chi connectivity index (χ1v) is 8.05. The molecular formula is C12H21N3O2S. The van der Waals surface area contributed by atoms with Gasteiger partial charge in [0.05, 0.1) is 11.4 Å². The molecule has 1 aliphatic rings. The highest BCUT2D eigenvalue weighted by Crippen LogP contribution is 2.27. The molecule has 1 fully saturated rings. The van der Waals surface area contributed by atoms with E-state index in [-0.39, 0.29) is 5.75 Å². The SMILES string of the molecule is CNS(=O)(=O)C[C@H]1CC[C@H](Nc2cc[nH]c2)CC1. The van der Waals surface area contributed by atoms with Crippen LogP contribution in [0.5, 0.6) is 0 Å². The molecule has 0 aromatic carbocycles. The zero-order chi connectivity index (χ0) is 13.0. The quantitative estimate of drug-likeness (QED) is 0.760. The van der Waals surface area contributed by atoms with Crippen LogP contribution in [-0.2, 0) is 10.0 Å². The summed E-state index contributed by atoms with van der Waals surface area (Å²) in [5.41, 5.74) is 1.11. The number of rotatable bonds is 5. The highest BCUT2D eigenvalue weighted by atomic mass is 32.2. The van der Waals surface area contributed by atoms with Gasteiger partial charge in [-0.3, -0.25) is 0 Å². The lowest BCUT2D eigenvalue weighted by Gasteiger charge is -2.29. The molecule has 3 N–H and O–H groups in total. The summed E-state index contributed by atoms with van der Waals surface area (Å²) < 4.78 is 25.3. The molecule has 0 radical (unpaired) electrons. The smallest absolute Gasteiger partial charge is 0.211 e. The average molecular weight is 271 g/mol. The predicted octanol–water partition coefficient (Wildman–Crippen LogP) is 1.53. The van der Waals surface area contributed by atoms with Gasteiger partial charge in [0.15, 0.2) is 0 Å². The van der Waals surface area contributed by atoms with Gasteiger partial charge in [0.25, 0.3) is 0 Å². The van der Waals surface area contributed by atoms with E-state index in [1.807, 2.05) is 18.5 Å². The molecule has 0 bridgehead atoms. The highest BCUT2D eigenvalue weighted by molar-refractivity contribution is 7.89. The van der Waals surface area contributed by atoms with Crippen molar-refractivity contribution in [3.8, 4) is 0 Å². The van der Waals surface area contributed by atoms with E-state index in [0.29, 0.717) is 12.0 Å². The molecule has 1 aromatic heterocycles. The molecule has 0 unspecified atom stereocenters. The minimum atomic E-state index is -3.06. The fourth-order valence-electron chi connectivity index (χ4n) is 2.52. The van der Waals surface area contributed by atoms with E-state index in [1.165, 1.54) is 7.05 Å². The van der Waals surface area contributed by atoms with Gasteiger partial charge in [0.1, 0.15) is 0 Å².